The first-order chi connectivity index (χ1) is 9.61. The second kappa shape index (κ2) is 5.20. The highest BCUT2D eigenvalue weighted by Gasteiger charge is 2.45. The maximum Gasteiger partial charge on any atom is 0.323 e. The van der Waals surface area contributed by atoms with Gasteiger partial charge in [-0.2, -0.15) is 0 Å². The Labute approximate surface area is 119 Å². The fourth-order valence-electron chi connectivity index (χ4n) is 3.80. The number of hydrogen-bond donors (Lipinski definition) is 2. The lowest BCUT2D eigenvalue weighted by Crippen LogP contribution is -2.51. The summed E-state index contributed by atoms with van der Waals surface area (Å²) in [5, 5.41) is 9.35. The number of aliphatic carboxylic acids is 1. The Bertz CT molecular complexity index is 511. The van der Waals surface area contributed by atoms with Gasteiger partial charge in [0.25, 0.3) is 0 Å². The van der Waals surface area contributed by atoms with Crippen LogP contribution in [0.4, 0.5) is 0 Å². The van der Waals surface area contributed by atoms with Crippen molar-refractivity contribution < 1.29 is 9.90 Å². The van der Waals surface area contributed by atoms with Crippen LogP contribution in [0, 0.1) is 5.92 Å². The largest absolute Gasteiger partial charge is 0.480 e. The van der Waals surface area contributed by atoms with Crippen molar-refractivity contribution in [2.75, 3.05) is 0 Å². The summed E-state index contributed by atoms with van der Waals surface area (Å²) in [5.74, 6) is -0.755. The SMILES string of the molecule is NC1(C(=O)O)CCCC1CCn1cnc2c1CCCC2. The van der Waals surface area contributed by atoms with Crippen LogP contribution in [-0.4, -0.2) is 26.2 Å². The summed E-state index contributed by atoms with van der Waals surface area (Å²) in [6, 6.07) is 0. The number of imidazole rings is 1. The summed E-state index contributed by atoms with van der Waals surface area (Å²) in [6.07, 6.45) is 9.88. The number of nitrogens with two attached hydrogens (primary N) is 1. The van der Waals surface area contributed by atoms with Crippen molar-refractivity contribution in [3.8, 4) is 0 Å². The van der Waals surface area contributed by atoms with E-state index in [1.165, 1.54) is 24.2 Å². The van der Waals surface area contributed by atoms with E-state index >= 15 is 0 Å². The molecule has 3 rings (SSSR count). The van der Waals surface area contributed by atoms with Gasteiger partial charge in [0.1, 0.15) is 5.54 Å². The predicted octanol–water partition coefficient (Wildman–Crippen LogP) is 1.73. The van der Waals surface area contributed by atoms with Crippen molar-refractivity contribution >= 4 is 5.97 Å². The first-order valence-electron chi connectivity index (χ1n) is 7.66. The van der Waals surface area contributed by atoms with E-state index in [1.54, 1.807) is 0 Å². The highest BCUT2D eigenvalue weighted by Crippen LogP contribution is 2.36. The van der Waals surface area contributed by atoms with E-state index in [0.717, 1.165) is 38.6 Å². The summed E-state index contributed by atoms with van der Waals surface area (Å²) >= 11 is 0. The number of aryl methyl sites for hydroxylation is 2. The molecule has 2 unspecified atom stereocenters. The molecule has 0 aromatic carbocycles. The molecule has 2 atom stereocenters. The van der Waals surface area contributed by atoms with E-state index in [1.807, 2.05) is 6.33 Å². The molecule has 1 saturated carbocycles. The first kappa shape index (κ1) is 13.6. The van der Waals surface area contributed by atoms with Gasteiger partial charge in [-0.3, -0.25) is 4.79 Å². The lowest BCUT2D eigenvalue weighted by Gasteiger charge is -2.27. The molecule has 20 heavy (non-hydrogen) atoms. The van der Waals surface area contributed by atoms with Gasteiger partial charge in [-0.15, -0.1) is 0 Å². The van der Waals surface area contributed by atoms with Gasteiger partial charge in [0.05, 0.1) is 12.0 Å². The number of hydrogen-bond acceptors (Lipinski definition) is 3. The number of carboxylic acids is 1. The number of aromatic nitrogens is 2. The van der Waals surface area contributed by atoms with Crippen molar-refractivity contribution in [3.05, 3.63) is 17.7 Å². The molecule has 0 aliphatic heterocycles. The van der Waals surface area contributed by atoms with Crippen LogP contribution in [0.1, 0.15) is 49.9 Å². The predicted molar refractivity (Wildman–Crippen MR) is 75.4 cm³/mol. The van der Waals surface area contributed by atoms with Crippen LogP contribution in [0.3, 0.4) is 0 Å². The van der Waals surface area contributed by atoms with E-state index in [9.17, 15) is 9.90 Å². The third-order valence-electron chi connectivity index (χ3n) is 5.10. The zero-order valence-corrected chi connectivity index (χ0v) is 11.8. The van der Waals surface area contributed by atoms with Gasteiger partial charge in [0, 0.05) is 12.2 Å². The monoisotopic (exact) mass is 277 g/mol. The standard InChI is InChI=1S/C15H23N3O2/c16-15(14(19)20)8-3-4-11(15)7-9-18-10-17-12-5-1-2-6-13(12)18/h10-11H,1-9,16H2,(H,19,20). The molecular weight excluding hydrogens is 254 g/mol. The van der Waals surface area contributed by atoms with E-state index in [0.29, 0.717) is 6.42 Å². The highest BCUT2D eigenvalue weighted by atomic mass is 16.4. The quantitative estimate of drug-likeness (QED) is 0.878. The van der Waals surface area contributed by atoms with E-state index in [4.69, 9.17) is 5.73 Å². The normalized spacial score (nSPS) is 29.4. The maximum absolute atomic E-state index is 11.4. The van der Waals surface area contributed by atoms with Gasteiger partial charge >= 0.3 is 5.97 Å². The number of nitrogens with zero attached hydrogens (tertiary/aromatic N) is 2. The highest BCUT2D eigenvalue weighted by molar-refractivity contribution is 5.79. The fraction of sp³-hybridized carbons (Fsp3) is 0.733. The molecule has 1 aromatic heterocycles. The van der Waals surface area contributed by atoms with E-state index in [-0.39, 0.29) is 5.92 Å². The van der Waals surface area contributed by atoms with Gasteiger partial charge in [-0.25, -0.2) is 4.98 Å². The topological polar surface area (TPSA) is 81.1 Å². The van der Waals surface area contributed by atoms with E-state index in [2.05, 4.69) is 9.55 Å². The summed E-state index contributed by atoms with van der Waals surface area (Å²) in [4.78, 5) is 15.9. The summed E-state index contributed by atoms with van der Waals surface area (Å²) in [5.41, 5.74) is 7.68. The molecule has 110 valence electrons. The molecule has 1 aromatic rings. The molecular formula is C15H23N3O2. The molecule has 0 radical (unpaired) electrons. The van der Waals surface area contributed by atoms with Crippen molar-refractivity contribution in [2.45, 2.75) is 63.5 Å². The molecule has 3 N–H and O–H groups in total. The molecule has 0 spiro atoms. The average molecular weight is 277 g/mol. The number of carbonyl (C=O) groups is 1. The van der Waals surface area contributed by atoms with Gasteiger partial charge < -0.3 is 15.4 Å². The Morgan fingerprint density at radius 1 is 1.45 bits per heavy atom. The second-order valence-corrected chi connectivity index (χ2v) is 6.26. The molecule has 5 heteroatoms. The van der Waals surface area contributed by atoms with Gasteiger partial charge in [-0.05, 0) is 50.9 Å². The summed E-state index contributed by atoms with van der Waals surface area (Å²) < 4.78 is 2.22. The molecule has 1 heterocycles. The van der Waals surface area contributed by atoms with Crippen LogP contribution < -0.4 is 5.73 Å². The third kappa shape index (κ3) is 2.24. The minimum absolute atomic E-state index is 0.0849. The van der Waals surface area contributed by atoms with Crippen LogP contribution in [0.15, 0.2) is 6.33 Å². The van der Waals surface area contributed by atoms with Crippen LogP contribution in [0.2, 0.25) is 0 Å². The fourth-order valence-corrected chi connectivity index (χ4v) is 3.80. The molecule has 2 aliphatic carbocycles. The maximum atomic E-state index is 11.4. The Morgan fingerprint density at radius 3 is 3.05 bits per heavy atom. The van der Waals surface area contributed by atoms with Gasteiger partial charge in [-0.1, -0.05) is 6.42 Å². The minimum Gasteiger partial charge on any atom is -0.480 e. The molecule has 5 nitrogen and oxygen atoms in total. The second-order valence-electron chi connectivity index (χ2n) is 6.26. The Balaban J connectivity index is 1.68. The third-order valence-corrected chi connectivity index (χ3v) is 5.10. The Morgan fingerprint density at radius 2 is 2.25 bits per heavy atom. The van der Waals surface area contributed by atoms with Crippen LogP contribution >= 0.6 is 0 Å². The van der Waals surface area contributed by atoms with Crippen molar-refractivity contribution in [3.63, 3.8) is 0 Å². The van der Waals surface area contributed by atoms with Crippen LogP contribution in [0.5, 0.6) is 0 Å². The van der Waals surface area contributed by atoms with Crippen molar-refractivity contribution in [1.82, 2.24) is 9.55 Å². The van der Waals surface area contributed by atoms with Crippen LogP contribution in [0.25, 0.3) is 0 Å². The van der Waals surface area contributed by atoms with Crippen molar-refractivity contribution in [2.24, 2.45) is 11.7 Å². The smallest absolute Gasteiger partial charge is 0.323 e. The number of carboxylic acid groups (broad SMARTS) is 1. The van der Waals surface area contributed by atoms with Crippen LogP contribution in [-0.2, 0) is 24.2 Å². The lowest BCUT2D eigenvalue weighted by atomic mass is 9.85. The number of fused-ring (bicyclic) bond motifs is 1. The minimum atomic E-state index is -1.01. The zero-order valence-electron chi connectivity index (χ0n) is 11.8. The average Bonchev–Trinajstić information content (AvgIpc) is 3.01. The Kier molecular flexibility index (Phi) is 3.54. The van der Waals surface area contributed by atoms with E-state index < -0.39 is 11.5 Å². The molecule has 0 bridgehead atoms. The zero-order chi connectivity index (χ0) is 14.2. The molecule has 0 amide bonds. The van der Waals surface area contributed by atoms with Gasteiger partial charge in [0.15, 0.2) is 0 Å². The van der Waals surface area contributed by atoms with Gasteiger partial charge in [0.2, 0.25) is 0 Å². The molecule has 0 saturated heterocycles. The lowest BCUT2D eigenvalue weighted by molar-refractivity contribution is -0.144. The summed E-state index contributed by atoms with van der Waals surface area (Å²) in [7, 11) is 0. The summed E-state index contributed by atoms with van der Waals surface area (Å²) in [6.45, 7) is 0.846. The number of rotatable bonds is 4. The first-order valence-corrected chi connectivity index (χ1v) is 7.66. The Hall–Kier alpha value is -1.36. The molecule has 1 fully saturated rings. The molecule has 2 aliphatic rings. The van der Waals surface area contributed by atoms with Crippen molar-refractivity contribution in [1.29, 1.82) is 0 Å².